The Morgan fingerprint density at radius 3 is 2.43 bits per heavy atom. The van der Waals surface area contributed by atoms with Crippen LogP contribution in [0, 0.1) is 0 Å². The molecule has 7 nitrogen and oxygen atoms in total. The first-order chi connectivity index (χ1) is 13.3. The molecule has 0 spiro atoms. The fraction of sp³-hybridized carbons (Fsp3) is 0.381. The first kappa shape index (κ1) is 21.4. The number of nitrogens with one attached hydrogen (secondary N) is 2. The molecule has 0 radical (unpaired) electrons. The van der Waals surface area contributed by atoms with Crippen molar-refractivity contribution in [2.24, 2.45) is 0 Å². The smallest absolute Gasteiger partial charge is 0.407 e. The van der Waals surface area contributed by atoms with Crippen LogP contribution in [-0.2, 0) is 16.0 Å². The summed E-state index contributed by atoms with van der Waals surface area (Å²) in [6, 6.07) is 10.9. The molecule has 1 heterocycles. The molecule has 0 saturated carbocycles. The quantitative estimate of drug-likeness (QED) is 0.715. The average Bonchev–Trinajstić information content (AvgIpc) is 2.65. The van der Waals surface area contributed by atoms with Gasteiger partial charge in [-0.1, -0.05) is 12.1 Å². The number of ether oxygens (including phenoxy) is 2. The van der Waals surface area contributed by atoms with Crippen molar-refractivity contribution in [2.45, 2.75) is 32.9 Å². The van der Waals surface area contributed by atoms with Crippen LogP contribution in [0.3, 0.4) is 0 Å². The van der Waals surface area contributed by atoms with Crippen molar-refractivity contribution in [3.63, 3.8) is 0 Å². The van der Waals surface area contributed by atoms with Crippen LogP contribution in [0.1, 0.15) is 36.7 Å². The van der Waals surface area contributed by atoms with Crippen molar-refractivity contribution in [2.75, 3.05) is 20.3 Å². The third-order valence-corrected chi connectivity index (χ3v) is 3.69. The van der Waals surface area contributed by atoms with Crippen LogP contribution in [0.5, 0.6) is 0 Å². The number of benzene rings is 1. The number of methoxy groups -OCH3 is 1. The van der Waals surface area contributed by atoms with E-state index in [0.29, 0.717) is 25.3 Å². The summed E-state index contributed by atoms with van der Waals surface area (Å²) < 4.78 is 10.2. The molecule has 0 aliphatic rings. The van der Waals surface area contributed by atoms with Crippen molar-refractivity contribution in [3.05, 3.63) is 53.7 Å². The highest BCUT2D eigenvalue weighted by atomic mass is 16.6. The molecule has 28 heavy (non-hydrogen) atoms. The zero-order chi connectivity index (χ0) is 20.6. The maximum Gasteiger partial charge on any atom is 0.407 e. The zero-order valence-corrected chi connectivity index (χ0v) is 16.7. The van der Waals surface area contributed by atoms with Crippen LogP contribution in [0.15, 0.2) is 42.6 Å². The summed E-state index contributed by atoms with van der Waals surface area (Å²) in [7, 11) is 1.59. The molecular formula is C21H27N3O4. The van der Waals surface area contributed by atoms with Gasteiger partial charge in [-0.05, 0) is 50.6 Å². The van der Waals surface area contributed by atoms with E-state index in [4.69, 9.17) is 9.47 Å². The highest BCUT2D eigenvalue weighted by Gasteiger charge is 2.15. The lowest BCUT2D eigenvalue weighted by molar-refractivity contribution is 0.0523. The highest BCUT2D eigenvalue weighted by molar-refractivity contribution is 5.94. The van der Waals surface area contributed by atoms with Crippen LogP contribution in [0.2, 0.25) is 0 Å². The summed E-state index contributed by atoms with van der Waals surface area (Å²) in [5.74, 6) is -0.146. The summed E-state index contributed by atoms with van der Waals surface area (Å²) in [6.07, 6.45) is 1.22. The number of amides is 2. The average molecular weight is 385 g/mol. The molecule has 0 unspecified atom stereocenters. The van der Waals surface area contributed by atoms with Crippen molar-refractivity contribution in [1.29, 1.82) is 0 Å². The van der Waals surface area contributed by atoms with Crippen molar-refractivity contribution >= 4 is 12.0 Å². The normalized spacial score (nSPS) is 11.0. The molecular weight excluding hydrogens is 358 g/mol. The van der Waals surface area contributed by atoms with Gasteiger partial charge in [0.05, 0.1) is 12.3 Å². The summed E-state index contributed by atoms with van der Waals surface area (Å²) in [5.41, 5.74) is 2.58. The van der Waals surface area contributed by atoms with Crippen LogP contribution in [-0.4, -0.2) is 42.8 Å². The maximum atomic E-state index is 12.0. The maximum absolute atomic E-state index is 12.0. The number of nitrogens with zero attached hydrogens (tertiary/aromatic N) is 1. The van der Waals surface area contributed by atoms with Gasteiger partial charge in [0, 0.05) is 37.5 Å². The summed E-state index contributed by atoms with van der Waals surface area (Å²) in [5, 5.41) is 5.51. The second kappa shape index (κ2) is 9.85. The number of rotatable bonds is 7. The highest BCUT2D eigenvalue weighted by Crippen LogP contribution is 2.19. The van der Waals surface area contributed by atoms with Gasteiger partial charge in [0.15, 0.2) is 0 Å². The number of carbonyl (C=O) groups excluding carboxylic acids is 2. The molecule has 150 valence electrons. The molecule has 2 aromatic rings. The molecule has 2 N–H and O–H groups in total. The Morgan fingerprint density at radius 1 is 1.07 bits per heavy atom. The van der Waals surface area contributed by atoms with E-state index in [1.165, 1.54) is 0 Å². The van der Waals surface area contributed by atoms with Crippen molar-refractivity contribution < 1.29 is 19.1 Å². The lowest BCUT2D eigenvalue weighted by Crippen LogP contribution is -2.32. The fourth-order valence-corrected chi connectivity index (χ4v) is 2.39. The molecule has 0 aliphatic heterocycles. The van der Waals surface area contributed by atoms with E-state index in [2.05, 4.69) is 15.6 Å². The predicted octanol–water partition coefficient (Wildman–Crippen LogP) is 3.15. The van der Waals surface area contributed by atoms with E-state index in [1.54, 1.807) is 25.4 Å². The standard InChI is InChI=1S/C21H27N3O4/c1-21(2,3)28-20(26)24-14-15-9-10-22-18(13-15)16-5-7-17(8-6-16)19(25)23-11-12-27-4/h5-10,13H,11-12,14H2,1-4H3,(H,23,25)(H,24,26). The second-order valence-corrected chi connectivity index (χ2v) is 7.23. The Morgan fingerprint density at radius 2 is 1.79 bits per heavy atom. The van der Waals surface area contributed by atoms with E-state index < -0.39 is 11.7 Å². The van der Waals surface area contributed by atoms with Gasteiger partial charge < -0.3 is 20.1 Å². The van der Waals surface area contributed by atoms with Crippen molar-refractivity contribution in [1.82, 2.24) is 15.6 Å². The minimum atomic E-state index is -0.537. The number of hydrogen-bond donors (Lipinski definition) is 2. The molecule has 2 rings (SSSR count). The van der Waals surface area contributed by atoms with Crippen LogP contribution >= 0.6 is 0 Å². The number of aromatic nitrogens is 1. The number of carbonyl (C=O) groups is 2. The lowest BCUT2D eigenvalue weighted by atomic mass is 10.1. The van der Waals surface area contributed by atoms with Crippen molar-refractivity contribution in [3.8, 4) is 11.3 Å². The van der Waals surface area contributed by atoms with E-state index in [1.807, 2.05) is 45.0 Å². The van der Waals surface area contributed by atoms with E-state index in [0.717, 1.165) is 16.8 Å². The van der Waals surface area contributed by atoms with Gasteiger partial charge in [0.25, 0.3) is 5.91 Å². The fourth-order valence-electron chi connectivity index (χ4n) is 2.39. The van der Waals surface area contributed by atoms with E-state index >= 15 is 0 Å². The lowest BCUT2D eigenvalue weighted by Gasteiger charge is -2.19. The molecule has 0 bridgehead atoms. The predicted molar refractivity (Wildman–Crippen MR) is 107 cm³/mol. The first-order valence-corrected chi connectivity index (χ1v) is 9.08. The molecule has 0 saturated heterocycles. The summed E-state index contributed by atoms with van der Waals surface area (Å²) in [4.78, 5) is 28.2. The van der Waals surface area contributed by atoms with Crippen LogP contribution in [0.4, 0.5) is 4.79 Å². The Bertz CT molecular complexity index is 798. The molecule has 0 fully saturated rings. The van der Waals surface area contributed by atoms with Gasteiger partial charge >= 0.3 is 6.09 Å². The third kappa shape index (κ3) is 7.00. The molecule has 1 aromatic carbocycles. The minimum absolute atomic E-state index is 0.146. The number of hydrogen-bond acceptors (Lipinski definition) is 5. The van der Waals surface area contributed by atoms with Gasteiger partial charge in [-0.2, -0.15) is 0 Å². The monoisotopic (exact) mass is 385 g/mol. The second-order valence-electron chi connectivity index (χ2n) is 7.23. The molecule has 2 amide bonds. The Labute approximate surface area is 165 Å². The van der Waals surface area contributed by atoms with Crippen LogP contribution < -0.4 is 10.6 Å². The molecule has 7 heteroatoms. The largest absolute Gasteiger partial charge is 0.444 e. The van der Waals surface area contributed by atoms with Gasteiger partial charge in [-0.3, -0.25) is 9.78 Å². The molecule has 0 atom stereocenters. The van der Waals surface area contributed by atoms with Gasteiger partial charge in [0.2, 0.25) is 0 Å². The van der Waals surface area contributed by atoms with E-state index in [9.17, 15) is 9.59 Å². The Kier molecular flexibility index (Phi) is 7.52. The Hall–Kier alpha value is -2.93. The summed E-state index contributed by atoms with van der Waals surface area (Å²) >= 11 is 0. The topological polar surface area (TPSA) is 89.6 Å². The molecule has 1 aromatic heterocycles. The Balaban J connectivity index is 1.99. The third-order valence-electron chi connectivity index (χ3n) is 3.69. The number of alkyl carbamates (subject to hydrolysis) is 1. The SMILES string of the molecule is COCCNC(=O)c1ccc(-c2cc(CNC(=O)OC(C)(C)C)ccn2)cc1. The van der Waals surface area contributed by atoms with Crippen LogP contribution in [0.25, 0.3) is 11.3 Å². The number of pyridine rings is 1. The molecule has 0 aliphatic carbocycles. The van der Waals surface area contributed by atoms with Gasteiger partial charge in [0.1, 0.15) is 5.60 Å². The van der Waals surface area contributed by atoms with Gasteiger partial charge in [-0.25, -0.2) is 4.79 Å². The minimum Gasteiger partial charge on any atom is -0.444 e. The van der Waals surface area contributed by atoms with Gasteiger partial charge in [-0.15, -0.1) is 0 Å². The first-order valence-electron chi connectivity index (χ1n) is 9.08. The zero-order valence-electron chi connectivity index (χ0n) is 16.7. The summed E-state index contributed by atoms with van der Waals surface area (Å²) in [6.45, 7) is 6.73. The van der Waals surface area contributed by atoms with E-state index in [-0.39, 0.29) is 5.91 Å².